The van der Waals surface area contributed by atoms with Crippen molar-refractivity contribution in [2.45, 2.75) is 237 Å². The first-order valence-electron chi connectivity index (χ1n) is 40.3. The first-order chi connectivity index (χ1) is 54.7. The number of azide groups is 1. The summed E-state index contributed by atoms with van der Waals surface area (Å²) in [6.45, 7) is 18.4. The minimum atomic E-state index is -1.08. The second-order valence-electron chi connectivity index (χ2n) is 32.6. The van der Waals surface area contributed by atoms with Gasteiger partial charge in [-0.2, -0.15) is 0 Å². The Hall–Kier alpha value is -10.4. The molecule has 2 heterocycles. The summed E-state index contributed by atoms with van der Waals surface area (Å²) in [5, 5.41) is 22.8. The lowest BCUT2D eigenvalue weighted by atomic mass is 9.51. The highest BCUT2D eigenvalue weighted by molar-refractivity contribution is 6.00. The highest BCUT2D eigenvalue weighted by atomic mass is 16.7. The van der Waals surface area contributed by atoms with Gasteiger partial charge < -0.3 is 69.8 Å². The summed E-state index contributed by atoms with van der Waals surface area (Å²) in [5.74, 6) is -3.17. The van der Waals surface area contributed by atoms with Crippen LogP contribution in [0.2, 0.25) is 0 Å². The van der Waals surface area contributed by atoms with Crippen molar-refractivity contribution in [2.24, 2.45) is 5.11 Å². The van der Waals surface area contributed by atoms with E-state index in [0.717, 1.165) is 115 Å². The predicted molar refractivity (Wildman–Crippen MR) is 435 cm³/mol. The summed E-state index contributed by atoms with van der Waals surface area (Å²) in [5.41, 5.74) is 12.9. The number of hydrogen-bond donors (Lipinski definition) is 7. The lowest BCUT2D eigenvalue weighted by Gasteiger charge is -2.51. The largest absolute Gasteiger partial charge is 0.444 e. The zero-order valence-corrected chi connectivity index (χ0v) is 68.6. The molecule has 1 aliphatic heterocycles. The van der Waals surface area contributed by atoms with E-state index in [1.165, 1.54) is 30.1 Å². The molecule has 1 aromatic heterocycles. The summed E-state index contributed by atoms with van der Waals surface area (Å²) in [4.78, 5) is 159. The topological polar surface area (TPSA) is 403 Å². The van der Waals surface area contributed by atoms with Crippen molar-refractivity contribution in [1.82, 2.24) is 35.8 Å². The second kappa shape index (κ2) is 42.8. The van der Waals surface area contributed by atoms with Gasteiger partial charge in [0.1, 0.15) is 22.8 Å². The summed E-state index contributed by atoms with van der Waals surface area (Å²) >= 11 is 0. The van der Waals surface area contributed by atoms with Crippen LogP contribution >= 0.6 is 0 Å². The fraction of sp³-hybridized carbons (Fsp3) is 0.583. The van der Waals surface area contributed by atoms with Crippen LogP contribution in [0.4, 0.5) is 31.4 Å². The highest BCUT2D eigenvalue weighted by Crippen LogP contribution is 2.62. The molecular weight excluding hydrogens is 1480 g/mol. The Morgan fingerprint density at radius 3 is 1.43 bits per heavy atom. The van der Waals surface area contributed by atoms with Gasteiger partial charge in [-0.3, -0.25) is 38.6 Å². The maximum Gasteiger partial charge on any atom is 0.419 e. The average Bonchev–Trinajstić information content (AvgIpc) is 0.853. The van der Waals surface area contributed by atoms with Gasteiger partial charge in [-0.15, -0.1) is 0 Å². The molecule has 115 heavy (non-hydrogen) atoms. The number of aromatic nitrogens is 1. The number of ether oxygens (including phenoxy) is 5. The van der Waals surface area contributed by atoms with E-state index in [1.807, 2.05) is 98.7 Å². The van der Waals surface area contributed by atoms with Crippen molar-refractivity contribution in [3.8, 4) is 0 Å². The van der Waals surface area contributed by atoms with Gasteiger partial charge in [-0.05, 0) is 207 Å². The molecule has 2 atom stereocenters. The van der Waals surface area contributed by atoms with E-state index in [-0.39, 0.29) is 131 Å². The number of benzene rings is 4. The number of likely N-dealkylation sites (N-methyl/N-ethyl adjacent to an activating group) is 2. The van der Waals surface area contributed by atoms with Crippen molar-refractivity contribution in [3.63, 3.8) is 0 Å². The molecule has 7 N–H and O–H groups in total. The maximum absolute atomic E-state index is 14.8. The summed E-state index contributed by atoms with van der Waals surface area (Å²) in [7, 11) is 3.10. The third kappa shape index (κ3) is 27.7. The van der Waals surface area contributed by atoms with Crippen LogP contribution in [-0.2, 0) is 57.9 Å². The Bertz CT molecular complexity index is 4120. The van der Waals surface area contributed by atoms with Gasteiger partial charge >= 0.3 is 29.7 Å². The van der Waals surface area contributed by atoms with Crippen LogP contribution in [0.15, 0.2) is 91.9 Å². The first kappa shape index (κ1) is 90.2. The number of rotatable bonds is 43. The van der Waals surface area contributed by atoms with Gasteiger partial charge in [-0.25, -0.2) is 29.0 Å². The number of nitrogens with zero attached hydrogens (tertiary/aromatic N) is 6. The van der Waals surface area contributed by atoms with Gasteiger partial charge in [0.25, 0.3) is 11.8 Å². The quantitative estimate of drug-likeness (QED) is 0.00476. The number of alkyl carbamates (subject to hydrolysis) is 3. The molecule has 0 radical (unpaired) electrons. The van der Waals surface area contributed by atoms with Crippen molar-refractivity contribution in [1.29, 1.82) is 0 Å². The molecule has 1 saturated heterocycles. The van der Waals surface area contributed by atoms with Crippen LogP contribution in [0.1, 0.15) is 247 Å². The summed E-state index contributed by atoms with van der Waals surface area (Å²) in [6, 6.07) is 20.1. The molecule has 31 nitrogen and oxygen atoms in total. The van der Waals surface area contributed by atoms with Crippen molar-refractivity contribution >= 4 is 81.7 Å². The summed E-state index contributed by atoms with van der Waals surface area (Å²) in [6.07, 6.45) is 11.7. The molecule has 2 bridgehead atoms. The van der Waals surface area contributed by atoms with E-state index in [9.17, 15) is 58.3 Å². The standard InChI is InChI=1S/C84H117N13O18/c1-81(2,3)113-77(105)86-40-24-18-12-15-21-27-69(98)89-56-31-35-60-64(50-56)84(39-38-72(101)95(10)43-44-109-45-46-110-47-48-111-96(11)75(103)68-53-59(93-94-85)54-97(68)74(102)55-30-34-63-67(49-55)92-80(108)112-76(63)104)65-51-57(90-70(99)28-22-16-13-19-25-41-87-78(106)114-82(4,5)6)32-36-61(65)73(60)62-37-33-58(52-66(62)84)91-71(100)29-23-17-14-20-26-42-88-79(107)115-83(7,8)9/h30-37,49-52,59,68,73H,12-29,38-48,53-54H2,1-11H3,(H,86,105)(H,87,106)(H,88,107)(H,89,98)(H,90,99)(H,91,100)(H,92,108). The van der Waals surface area contributed by atoms with E-state index in [1.54, 1.807) is 11.9 Å². The molecule has 9 rings (SSSR count). The van der Waals surface area contributed by atoms with Crippen molar-refractivity contribution in [3.05, 3.63) is 143 Å². The number of amides is 9. The van der Waals surface area contributed by atoms with Crippen LogP contribution in [0.5, 0.6) is 0 Å². The Morgan fingerprint density at radius 1 is 0.557 bits per heavy atom. The number of nitrogens with one attached hydrogen (secondary N) is 7. The number of hydrogen-bond acceptors (Lipinski definition) is 19. The van der Waals surface area contributed by atoms with Crippen molar-refractivity contribution in [2.75, 3.05) is 95.8 Å². The molecule has 5 aromatic rings. The van der Waals surface area contributed by atoms with Gasteiger partial charge in [0.2, 0.25) is 23.6 Å². The number of hydroxylamine groups is 2. The fourth-order valence-electron chi connectivity index (χ4n) is 14.6. The monoisotopic (exact) mass is 1600 g/mol. The van der Waals surface area contributed by atoms with Gasteiger partial charge in [0.05, 0.1) is 50.0 Å². The first-order valence-corrected chi connectivity index (χ1v) is 40.3. The fourth-order valence-corrected chi connectivity index (χ4v) is 14.6. The van der Waals surface area contributed by atoms with Gasteiger partial charge in [-0.1, -0.05) is 81.1 Å². The Labute approximate surface area is 672 Å². The minimum absolute atomic E-state index is 0.0123. The predicted octanol–water partition coefficient (Wildman–Crippen LogP) is 13.3. The maximum atomic E-state index is 14.8. The molecule has 4 aliphatic rings. The highest BCUT2D eigenvalue weighted by Gasteiger charge is 2.52. The van der Waals surface area contributed by atoms with Gasteiger partial charge in [0.15, 0.2) is 0 Å². The zero-order valence-electron chi connectivity index (χ0n) is 68.6. The molecule has 626 valence electrons. The molecule has 31 heteroatoms. The average molecular weight is 1600 g/mol. The molecular formula is C84H117N13O18. The molecule has 9 amide bonds. The van der Waals surface area contributed by atoms with Crippen LogP contribution in [0.3, 0.4) is 0 Å². The summed E-state index contributed by atoms with van der Waals surface area (Å²) < 4.78 is 32.4. The molecule has 4 aromatic carbocycles. The van der Waals surface area contributed by atoms with Crippen LogP contribution in [0, 0.1) is 0 Å². The molecule has 3 aliphatic carbocycles. The van der Waals surface area contributed by atoms with Crippen LogP contribution < -0.4 is 43.3 Å². The lowest BCUT2D eigenvalue weighted by Crippen LogP contribution is -2.46. The van der Waals surface area contributed by atoms with Gasteiger partial charge in [0, 0.05) is 111 Å². The zero-order chi connectivity index (χ0) is 83.5. The van der Waals surface area contributed by atoms with E-state index in [2.05, 4.69) is 69.5 Å². The smallest absolute Gasteiger partial charge is 0.419 e. The number of carbonyl (C=O) groups excluding carboxylic acids is 9. The number of unbranched alkanes of at least 4 members (excludes halogenated alkanes) is 12. The Morgan fingerprint density at radius 2 is 0.983 bits per heavy atom. The number of likely N-dealkylation sites (tertiary alicyclic amines) is 1. The molecule has 1 fully saturated rings. The number of carbonyl (C=O) groups is 9. The number of H-pyrrole nitrogens is 1. The lowest BCUT2D eigenvalue weighted by molar-refractivity contribution is -0.186. The minimum Gasteiger partial charge on any atom is -0.444 e. The molecule has 2 unspecified atom stereocenters. The molecule has 0 saturated carbocycles. The normalized spacial score (nSPS) is 15.9. The van der Waals surface area contributed by atoms with E-state index < -0.39 is 75.8 Å². The second-order valence-corrected chi connectivity index (χ2v) is 32.6. The van der Waals surface area contributed by atoms with Crippen LogP contribution in [-0.4, -0.2) is 182 Å². The van der Waals surface area contributed by atoms with Crippen molar-refractivity contribution < 1.29 is 76.1 Å². The SMILES string of the molecule is CN(CCOCCOCCON(C)C(=O)C1CC(N=[N+]=[N-])CN1C(=O)c1ccc2c(=O)oc(=O)[nH]c2c1)C(=O)CCC12c3cc(NC(=O)CCCCCCCNC(=O)OC(C)(C)C)ccc3C(c3ccc(NC(=O)CCCCCCCNC(=O)OC(C)(C)C)cc31)c1ccc(NC(=O)CCCCCCCNC(=O)OC(C)(C)C)cc12. The van der Waals surface area contributed by atoms with E-state index >= 15 is 0 Å². The van der Waals surface area contributed by atoms with E-state index in [4.69, 9.17) is 28.5 Å². The number of fused-ring (bicyclic) bond motifs is 1. The third-order valence-corrected chi connectivity index (χ3v) is 19.9. The number of aromatic amines is 1. The van der Waals surface area contributed by atoms with Crippen LogP contribution in [0.25, 0.3) is 21.3 Å². The van der Waals surface area contributed by atoms with E-state index in [0.29, 0.717) is 56.0 Å². The Balaban J connectivity index is 0.934. The Kier molecular flexibility index (Phi) is 33.6. The molecule has 0 spiro atoms. The number of anilines is 3. The third-order valence-electron chi connectivity index (χ3n) is 19.9.